The van der Waals surface area contributed by atoms with E-state index in [9.17, 15) is 9.59 Å². The molecule has 0 bridgehead atoms. The summed E-state index contributed by atoms with van der Waals surface area (Å²) in [6.45, 7) is 22.7. The highest BCUT2D eigenvalue weighted by Crippen LogP contribution is 2.38. The number of unbranched alkanes of at least 4 members (excludes halogenated alkanes) is 22. The molecule has 68 heavy (non-hydrogen) atoms. The number of carbonyl (C=O) groups excluding carboxylic acids is 2. The predicted molar refractivity (Wildman–Crippen MR) is 296 cm³/mol. The standard InChI is InChI=1S/C55H103NO5.C4H10.C3H8/c1-6-11-16-20-24-28-39-51(40-29-25-21-17-12-7-2)60-53(57)43-33-37-49-46-56(55(48-35-32-36-48)59-45-15-10-5)47-50(49)38-34-44-54(58)61-52(41-30-26-22-18-13-8-3)42-31-27-23-19-14-9-4;1-3-4-2;1-3-2/h49-52H,6-47H2,1-5H3;3-4H2,1-2H3;3H2,1-2H3. The third kappa shape index (κ3) is 38.0. The quantitative estimate of drug-likeness (QED) is 0.0344. The summed E-state index contributed by atoms with van der Waals surface area (Å²) in [5.41, 5.74) is 1.49. The van der Waals surface area contributed by atoms with Crippen molar-refractivity contribution in [3.8, 4) is 0 Å². The van der Waals surface area contributed by atoms with Crippen LogP contribution in [0.4, 0.5) is 0 Å². The van der Waals surface area contributed by atoms with E-state index < -0.39 is 0 Å². The second-order valence-electron chi connectivity index (χ2n) is 21.3. The van der Waals surface area contributed by atoms with Crippen LogP contribution in [0.3, 0.4) is 0 Å². The van der Waals surface area contributed by atoms with Crippen molar-refractivity contribution in [3.63, 3.8) is 0 Å². The number of esters is 2. The maximum Gasteiger partial charge on any atom is 0.306 e. The first-order chi connectivity index (χ1) is 33.3. The average molecular weight is 961 g/mol. The summed E-state index contributed by atoms with van der Waals surface area (Å²) in [4.78, 5) is 29.3. The maximum atomic E-state index is 13.4. The lowest BCUT2D eigenvalue weighted by Crippen LogP contribution is -2.26. The molecule has 0 radical (unpaired) electrons. The zero-order valence-electron chi connectivity index (χ0n) is 47.6. The van der Waals surface area contributed by atoms with Gasteiger partial charge in [0.2, 0.25) is 0 Å². The van der Waals surface area contributed by atoms with E-state index in [1.165, 1.54) is 185 Å². The highest BCUT2D eigenvalue weighted by atomic mass is 16.5. The molecule has 1 saturated heterocycles. The Kier molecular flexibility index (Phi) is 49.0. The molecule has 2 rings (SSSR count). The zero-order chi connectivity index (χ0) is 50.1. The maximum absolute atomic E-state index is 13.4. The molecule has 2 aliphatic rings. The van der Waals surface area contributed by atoms with Gasteiger partial charge in [0.15, 0.2) is 5.88 Å². The Balaban J connectivity index is 0.00000599. The second-order valence-corrected chi connectivity index (χ2v) is 21.3. The number of allylic oxidation sites excluding steroid dienone is 1. The van der Waals surface area contributed by atoms with E-state index in [4.69, 9.17) is 14.2 Å². The molecule has 2 fully saturated rings. The number of ether oxygens (including phenoxy) is 3. The lowest BCUT2D eigenvalue weighted by molar-refractivity contribution is -0.151. The van der Waals surface area contributed by atoms with Gasteiger partial charge in [-0.15, -0.1) is 0 Å². The molecule has 6 heteroatoms. The number of hydrogen-bond donors (Lipinski definition) is 0. The number of hydrogen-bond acceptors (Lipinski definition) is 6. The van der Waals surface area contributed by atoms with Crippen LogP contribution in [-0.2, 0) is 23.8 Å². The molecule has 2 unspecified atom stereocenters. The van der Waals surface area contributed by atoms with Crippen molar-refractivity contribution in [1.82, 2.24) is 4.90 Å². The SMILES string of the molecule is CCC.CCCC.CCCCCCCCC(CCCCCCCC)OC(=O)CCCC1CN(C(OCCCC)=C2CCC2)CC1CCCC(=O)OC(CCCCCCCC)CCCCCCCC. The van der Waals surface area contributed by atoms with E-state index in [1.54, 1.807) is 0 Å². The molecule has 6 nitrogen and oxygen atoms in total. The molecule has 1 aliphatic heterocycles. The van der Waals surface area contributed by atoms with E-state index in [0.29, 0.717) is 24.7 Å². The van der Waals surface area contributed by atoms with E-state index in [1.807, 2.05) is 0 Å². The Bertz CT molecular complexity index is 1020. The number of likely N-dealkylation sites (tertiary alicyclic amines) is 1. The van der Waals surface area contributed by atoms with Crippen LogP contribution in [0.15, 0.2) is 11.5 Å². The summed E-state index contributed by atoms with van der Waals surface area (Å²) in [7, 11) is 0. The first kappa shape index (κ1) is 66.3. The smallest absolute Gasteiger partial charge is 0.306 e. The van der Waals surface area contributed by atoms with Gasteiger partial charge in [-0.1, -0.05) is 216 Å². The third-order valence-electron chi connectivity index (χ3n) is 14.4. The van der Waals surface area contributed by atoms with Crippen molar-refractivity contribution >= 4 is 11.9 Å². The Labute approximate surface area is 426 Å². The lowest BCUT2D eigenvalue weighted by Gasteiger charge is -2.29. The zero-order valence-corrected chi connectivity index (χ0v) is 47.6. The molecule has 1 saturated carbocycles. The number of rotatable bonds is 44. The summed E-state index contributed by atoms with van der Waals surface area (Å²) < 4.78 is 19.0. The molecule has 0 aromatic heterocycles. The lowest BCUT2D eigenvalue weighted by atomic mass is 9.87. The number of nitrogens with zero attached hydrogens (tertiary/aromatic N) is 1. The summed E-state index contributed by atoms with van der Waals surface area (Å²) in [6, 6.07) is 0. The van der Waals surface area contributed by atoms with Crippen LogP contribution in [0.2, 0.25) is 0 Å². The highest BCUT2D eigenvalue weighted by molar-refractivity contribution is 5.69. The topological polar surface area (TPSA) is 65.1 Å². The second kappa shape index (κ2) is 50.2. The van der Waals surface area contributed by atoms with Gasteiger partial charge < -0.3 is 19.1 Å². The van der Waals surface area contributed by atoms with Gasteiger partial charge >= 0.3 is 11.9 Å². The highest BCUT2D eigenvalue weighted by Gasteiger charge is 2.36. The van der Waals surface area contributed by atoms with E-state index >= 15 is 0 Å². The first-order valence-corrected chi connectivity index (χ1v) is 30.8. The average Bonchev–Trinajstić information content (AvgIpc) is 3.72. The van der Waals surface area contributed by atoms with E-state index in [-0.39, 0.29) is 24.1 Å². The van der Waals surface area contributed by atoms with Crippen LogP contribution in [0, 0.1) is 11.8 Å². The van der Waals surface area contributed by atoms with Gasteiger partial charge in [-0.3, -0.25) is 9.59 Å². The molecular weight excluding hydrogens is 839 g/mol. The molecule has 0 spiro atoms. The van der Waals surface area contributed by atoms with Gasteiger partial charge in [-0.05, 0) is 120 Å². The van der Waals surface area contributed by atoms with Crippen molar-refractivity contribution in [2.45, 2.75) is 344 Å². The first-order valence-electron chi connectivity index (χ1n) is 30.8. The normalized spacial score (nSPS) is 15.5. The summed E-state index contributed by atoms with van der Waals surface area (Å²) in [5.74, 6) is 2.15. The van der Waals surface area contributed by atoms with Crippen LogP contribution < -0.4 is 0 Å². The van der Waals surface area contributed by atoms with Gasteiger partial charge in [0.1, 0.15) is 12.2 Å². The van der Waals surface area contributed by atoms with Gasteiger partial charge in [0.05, 0.1) is 6.61 Å². The van der Waals surface area contributed by atoms with Gasteiger partial charge in [-0.25, -0.2) is 0 Å². The van der Waals surface area contributed by atoms with Gasteiger partial charge in [-0.2, -0.15) is 0 Å². The summed E-state index contributed by atoms with van der Waals surface area (Å²) >= 11 is 0. The van der Waals surface area contributed by atoms with Crippen LogP contribution in [0.1, 0.15) is 332 Å². The monoisotopic (exact) mass is 960 g/mol. The van der Waals surface area contributed by atoms with E-state index in [2.05, 4.69) is 67.2 Å². The Morgan fingerprint density at radius 3 is 1.06 bits per heavy atom. The minimum Gasteiger partial charge on any atom is -0.479 e. The van der Waals surface area contributed by atoms with Gasteiger partial charge in [0.25, 0.3) is 0 Å². The predicted octanol–water partition coefficient (Wildman–Crippen LogP) is 20.1. The molecule has 0 N–H and O–H groups in total. The van der Waals surface area contributed by atoms with Crippen molar-refractivity contribution in [2.75, 3.05) is 19.7 Å². The van der Waals surface area contributed by atoms with Gasteiger partial charge in [0, 0.05) is 25.9 Å². The third-order valence-corrected chi connectivity index (χ3v) is 14.4. The molecule has 1 heterocycles. The molecule has 2 atom stereocenters. The fourth-order valence-corrected chi connectivity index (χ4v) is 9.70. The Morgan fingerprint density at radius 2 is 0.765 bits per heavy atom. The Hall–Kier alpha value is -1.72. The summed E-state index contributed by atoms with van der Waals surface area (Å²) in [6.07, 6.45) is 49.3. The molecule has 0 aromatic rings. The minimum absolute atomic E-state index is 0.00719. The molecular formula is C62H121NO5. The Morgan fingerprint density at radius 1 is 0.441 bits per heavy atom. The molecule has 0 amide bonds. The fourth-order valence-electron chi connectivity index (χ4n) is 9.70. The van der Waals surface area contributed by atoms with Crippen LogP contribution in [-0.4, -0.2) is 48.7 Å². The molecule has 0 aromatic carbocycles. The van der Waals surface area contributed by atoms with E-state index in [0.717, 1.165) is 103 Å². The van der Waals surface area contributed by atoms with Crippen molar-refractivity contribution < 1.29 is 23.8 Å². The van der Waals surface area contributed by atoms with Crippen molar-refractivity contribution in [3.05, 3.63) is 11.5 Å². The van der Waals surface area contributed by atoms with Crippen LogP contribution in [0.25, 0.3) is 0 Å². The van der Waals surface area contributed by atoms with Crippen LogP contribution in [0.5, 0.6) is 0 Å². The molecule has 1 aliphatic carbocycles. The largest absolute Gasteiger partial charge is 0.479 e. The molecule has 404 valence electrons. The van der Waals surface area contributed by atoms with Crippen LogP contribution >= 0.6 is 0 Å². The summed E-state index contributed by atoms with van der Waals surface area (Å²) in [5, 5.41) is 0. The minimum atomic E-state index is 0.00719. The number of carbonyl (C=O) groups is 2. The van der Waals surface area contributed by atoms with Crippen molar-refractivity contribution in [2.24, 2.45) is 11.8 Å². The fraction of sp³-hybridized carbons (Fsp3) is 0.935. The van der Waals surface area contributed by atoms with Crippen molar-refractivity contribution in [1.29, 1.82) is 0 Å².